The molecular formula is C9H8Cl2N4O. The van der Waals surface area contributed by atoms with E-state index in [1.807, 2.05) is 10.9 Å². The van der Waals surface area contributed by atoms with Gasteiger partial charge in [0, 0.05) is 12.8 Å². The van der Waals surface area contributed by atoms with E-state index in [4.69, 9.17) is 27.9 Å². The van der Waals surface area contributed by atoms with Crippen molar-refractivity contribution in [1.82, 2.24) is 19.7 Å². The van der Waals surface area contributed by atoms with Gasteiger partial charge >= 0.3 is 0 Å². The smallest absolute Gasteiger partial charge is 0.225 e. The van der Waals surface area contributed by atoms with Gasteiger partial charge in [-0.05, 0) is 18.0 Å². The molecule has 7 heteroatoms. The van der Waals surface area contributed by atoms with Crippen molar-refractivity contribution in [3.63, 3.8) is 0 Å². The Morgan fingerprint density at radius 2 is 2.25 bits per heavy atom. The topological polar surface area (TPSA) is 52.8 Å². The van der Waals surface area contributed by atoms with Crippen molar-refractivity contribution < 1.29 is 4.74 Å². The highest BCUT2D eigenvalue weighted by atomic mass is 35.5. The van der Waals surface area contributed by atoms with E-state index in [-0.39, 0.29) is 11.3 Å². The van der Waals surface area contributed by atoms with Crippen LogP contribution >= 0.6 is 23.2 Å². The van der Waals surface area contributed by atoms with E-state index < -0.39 is 0 Å². The molecule has 3 heterocycles. The first-order valence-electron chi connectivity index (χ1n) is 4.89. The van der Waals surface area contributed by atoms with E-state index >= 15 is 0 Å². The largest absolute Gasteiger partial charge is 0.379 e. The molecule has 0 aromatic carbocycles. The number of halogens is 2. The molecule has 0 saturated carbocycles. The lowest BCUT2D eigenvalue weighted by Gasteiger charge is -2.05. The van der Waals surface area contributed by atoms with Crippen LogP contribution in [-0.2, 0) is 4.74 Å². The van der Waals surface area contributed by atoms with Gasteiger partial charge in [0.15, 0.2) is 5.65 Å². The molecule has 1 fully saturated rings. The summed E-state index contributed by atoms with van der Waals surface area (Å²) >= 11 is 11.7. The summed E-state index contributed by atoms with van der Waals surface area (Å²) in [6.07, 6.45) is 2.79. The molecule has 0 spiro atoms. The summed E-state index contributed by atoms with van der Waals surface area (Å²) in [6, 6.07) is 0.254. The van der Waals surface area contributed by atoms with Gasteiger partial charge in [-0.2, -0.15) is 10.1 Å². The van der Waals surface area contributed by atoms with Gasteiger partial charge in [0.1, 0.15) is 5.15 Å². The molecule has 2 aromatic heterocycles. The predicted molar refractivity (Wildman–Crippen MR) is 59.8 cm³/mol. The van der Waals surface area contributed by atoms with Gasteiger partial charge in [0.2, 0.25) is 5.28 Å². The van der Waals surface area contributed by atoms with Crippen molar-refractivity contribution in [3.05, 3.63) is 16.6 Å². The Bertz CT molecular complexity index is 536. The normalized spacial score (nSPS) is 20.8. The molecule has 84 valence electrons. The van der Waals surface area contributed by atoms with E-state index in [1.54, 1.807) is 0 Å². The summed E-state index contributed by atoms with van der Waals surface area (Å²) in [7, 11) is 0. The van der Waals surface area contributed by atoms with E-state index in [2.05, 4.69) is 15.1 Å². The van der Waals surface area contributed by atoms with E-state index in [0.717, 1.165) is 18.4 Å². The van der Waals surface area contributed by atoms with Crippen molar-refractivity contribution in [2.45, 2.75) is 12.5 Å². The number of aromatic nitrogens is 4. The van der Waals surface area contributed by atoms with E-state index in [9.17, 15) is 0 Å². The average molecular weight is 259 g/mol. The molecule has 0 bridgehead atoms. The van der Waals surface area contributed by atoms with Crippen LogP contribution in [0.15, 0.2) is 6.20 Å². The third-order valence-electron chi connectivity index (χ3n) is 2.60. The number of hydrogen-bond acceptors (Lipinski definition) is 4. The first-order chi connectivity index (χ1) is 7.74. The lowest BCUT2D eigenvalue weighted by Crippen LogP contribution is -2.08. The van der Waals surface area contributed by atoms with Crippen LogP contribution in [0.3, 0.4) is 0 Å². The molecule has 1 unspecified atom stereocenters. The zero-order valence-corrected chi connectivity index (χ0v) is 9.74. The molecule has 5 nitrogen and oxygen atoms in total. The Morgan fingerprint density at radius 1 is 1.38 bits per heavy atom. The van der Waals surface area contributed by atoms with Gasteiger partial charge < -0.3 is 4.74 Å². The lowest BCUT2D eigenvalue weighted by molar-refractivity contribution is 0.184. The molecule has 0 radical (unpaired) electrons. The molecule has 0 N–H and O–H groups in total. The molecule has 1 saturated heterocycles. The summed E-state index contributed by atoms with van der Waals surface area (Å²) in [5.74, 6) is 0. The number of ether oxygens (including phenoxy) is 1. The molecule has 16 heavy (non-hydrogen) atoms. The fraction of sp³-hybridized carbons (Fsp3) is 0.444. The third-order valence-corrected chi connectivity index (χ3v) is 3.06. The monoisotopic (exact) mass is 258 g/mol. The Labute approximate surface area is 101 Å². The van der Waals surface area contributed by atoms with Crippen molar-refractivity contribution in [3.8, 4) is 0 Å². The molecule has 1 aliphatic heterocycles. The zero-order chi connectivity index (χ0) is 11.1. The van der Waals surface area contributed by atoms with Crippen molar-refractivity contribution >= 4 is 34.2 Å². The molecule has 1 aliphatic rings. The van der Waals surface area contributed by atoms with Crippen molar-refractivity contribution in [1.29, 1.82) is 0 Å². The maximum atomic E-state index is 5.96. The third kappa shape index (κ3) is 1.65. The molecule has 1 atom stereocenters. The highest BCUT2D eigenvalue weighted by molar-refractivity contribution is 6.35. The second kappa shape index (κ2) is 3.84. The van der Waals surface area contributed by atoms with Gasteiger partial charge in [-0.3, -0.25) is 4.68 Å². The van der Waals surface area contributed by atoms with Crippen LogP contribution in [-0.4, -0.2) is 33.0 Å². The summed E-state index contributed by atoms with van der Waals surface area (Å²) in [5.41, 5.74) is 0.525. The number of nitrogens with zero attached hydrogens (tertiary/aromatic N) is 4. The highest BCUT2D eigenvalue weighted by Crippen LogP contribution is 2.25. The first-order valence-corrected chi connectivity index (χ1v) is 5.65. The van der Waals surface area contributed by atoms with Crippen LogP contribution in [0.25, 0.3) is 11.0 Å². The van der Waals surface area contributed by atoms with Gasteiger partial charge in [-0.25, -0.2) is 4.98 Å². The Hall–Kier alpha value is -0.910. The minimum absolute atomic E-state index is 0.116. The summed E-state index contributed by atoms with van der Waals surface area (Å²) in [4.78, 5) is 7.90. The van der Waals surface area contributed by atoms with E-state index in [0.29, 0.717) is 17.4 Å². The van der Waals surface area contributed by atoms with Crippen molar-refractivity contribution in [2.24, 2.45) is 0 Å². The van der Waals surface area contributed by atoms with Gasteiger partial charge in [-0.1, -0.05) is 11.6 Å². The maximum absolute atomic E-state index is 5.96. The number of hydrogen-bond donors (Lipinski definition) is 0. The highest BCUT2D eigenvalue weighted by Gasteiger charge is 2.20. The van der Waals surface area contributed by atoms with Gasteiger partial charge in [-0.15, -0.1) is 0 Å². The van der Waals surface area contributed by atoms with Gasteiger partial charge in [0.05, 0.1) is 18.0 Å². The number of fused-ring (bicyclic) bond motifs is 1. The zero-order valence-electron chi connectivity index (χ0n) is 8.23. The minimum Gasteiger partial charge on any atom is -0.379 e. The van der Waals surface area contributed by atoms with Gasteiger partial charge in [0.25, 0.3) is 0 Å². The second-order valence-corrected chi connectivity index (χ2v) is 4.34. The Morgan fingerprint density at radius 3 is 3.00 bits per heavy atom. The van der Waals surface area contributed by atoms with Crippen LogP contribution in [0.2, 0.25) is 10.4 Å². The number of rotatable bonds is 1. The van der Waals surface area contributed by atoms with Crippen LogP contribution in [0.1, 0.15) is 12.5 Å². The summed E-state index contributed by atoms with van der Waals surface area (Å²) < 4.78 is 7.13. The van der Waals surface area contributed by atoms with E-state index in [1.165, 1.54) is 0 Å². The average Bonchev–Trinajstić information content (AvgIpc) is 2.82. The summed E-state index contributed by atoms with van der Waals surface area (Å²) in [6.45, 7) is 1.44. The molecule has 3 rings (SSSR count). The lowest BCUT2D eigenvalue weighted by atomic mass is 10.3. The SMILES string of the molecule is Clc1nc(Cl)c2cn(C3CCOC3)nc2n1. The van der Waals surface area contributed by atoms with Crippen LogP contribution in [0, 0.1) is 0 Å². The molecule has 2 aromatic rings. The fourth-order valence-corrected chi connectivity index (χ4v) is 2.20. The standard InChI is InChI=1S/C9H8Cl2N4O/c10-7-6-3-15(5-1-2-16-4-5)14-8(6)13-9(11)12-7/h3,5H,1-2,4H2. The molecular weight excluding hydrogens is 251 g/mol. The maximum Gasteiger partial charge on any atom is 0.225 e. The second-order valence-electron chi connectivity index (χ2n) is 3.65. The quantitative estimate of drug-likeness (QED) is 0.581. The first kappa shape index (κ1) is 10.3. The Balaban J connectivity index is 2.11. The van der Waals surface area contributed by atoms with Crippen LogP contribution in [0.4, 0.5) is 0 Å². The fourth-order valence-electron chi connectivity index (χ4n) is 1.78. The Kier molecular flexibility index (Phi) is 2.46. The summed E-state index contributed by atoms with van der Waals surface area (Å²) in [5, 5.41) is 5.50. The van der Waals surface area contributed by atoms with Crippen molar-refractivity contribution in [2.75, 3.05) is 13.2 Å². The van der Waals surface area contributed by atoms with Crippen LogP contribution in [0.5, 0.6) is 0 Å². The predicted octanol–water partition coefficient (Wildman–Crippen LogP) is 2.09. The molecule has 0 amide bonds. The minimum atomic E-state index is 0.116. The molecule has 0 aliphatic carbocycles. The van der Waals surface area contributed by atoms with Crippen LogP contribution < -0.4 is 0 Å².